The minimum Gasteiger partial charge on any atom is -0.444 e. The number of ether oxygens (including phenoxy) is 1. The molecule has 0 aromatic heterocycles. The standard InChI is InChI=1S/C39H51F3N6O8/c1-5-13-27(32(50)36(54)44-22-29(49)47-30(33(43)51)24-15-8-6-9-16-24)45-34(52)28(21-23-14-12-19-26(20-23)39(40,41)42)46-35(53)31(25-17-10-7-11-18-25)48-37(55)56-38(2,3)4/h6,8-9,12,14-16,19-20,25,27-28,30-31H,5,7,10-11,13,17-18,21-22H2,1-4H3,(H2,43,51)(H,44,54)(H,45,52)(H,46,53)(H,47,49)(H,48,55)/t27?,28-,30?,31-/m0/s1. The van der Waals surface area contributed by atoms with Gasteiger partial charge in [-0.1, -0.05) is 81.1 Å². The third-order valence-corrected chi connectivity index (χ3v) is 8.97. The van der Waals surface area contributed by atoms with Gasteiger partial charge in [0.1, 0.15) is 23.7 Å². The molecule has 17 heteroatoms. The molecule has 2 aromatic rings. The number of ketones is 1. The van der Waals surface area contributed by atoms with E-state index in [1.54, 1.807) is 58.0 Å². The van der Waals surface area contributed by atoms with E-state index in [-0.39, 0.29) is 24.3 Å². The summed E-state index contributed by atoms with van der Waals surface area (Å²) in [5.41, 5.74) is 3.97. The first-order valence-electron chi connectivity index (χ1n) is 18.5. The Balaban J connectivity index is 1.83. The average Bonchev–Trinajstić information content (AvgIpc) is 3.13. The molecule has 0 radical (unpaired) electrons. The number of carbonyl (C=O) groups is 7. The summed E-state index contributed by atoms with van der Waals surface area (Å²) in [6, 6.07) is 6.84. The second-order valence-electron chi connectivity index (χ2n) is 14.7. The van der Waals surface area contributed by atoms with Crippen molar-refractivity contribution in [3.63, 3.8) is 0 Å². The fraction of sp³-hybridized carbons (Fsp3) is 0.513. The molecule has 7 N–H and O–H groups in total. The minimum atomic E-state index is -4.70. The van der Waals surface area contributed by atoms with Crippen LogP contribution >= 0.6 is 0 Å². The van der Waals surface area contributed by atoms with Gasteiger partial charge >= 0.3 is 12.3 Å². The van der Waals surface area contributed by atoms with Crippen molar-refractivity contribution in [2.75, 3.05) is 6.54 Å². The maximum atomic E-state index is 13.9. The number of hydrogen-bond acceptors (Lipinski definition) is 8. The van der Waals surface area contributed by atoms with E-state index >= 15 is 0 Å². The second-order valence-corrected chi connectivity index (χ2v) is 14.7. The highest BCUT2D eigenvalue weighted by Gasteiger charge is 2.37. The Hall–Kier alpha value is -5.48. The lowest BCUT2D eigenvalue weighted by Crippen LogP contribution is -2.59. The van der Waals surface area contributed by atoms with Crippen LogP contribution < -0.4 is 32.3 Å². The van der Waals surface area contributed by atoms with Gasteiger partial charge in [-0.2, -0.15) is 13.2 Å². The third-order valence-electron chi connectivity index (χ3n) is 8.97. The first-order valence-corrected chi connectivity index (χ1v) is 18.5. The van der Waals surface area contributed by atoms with Crippen LogP contribution in [0.3, 0.4) is 0 Å². The van der Waals surface area contributed by atoms with Gasteiger partial charge in [-0.05, 0) is 63.1 Å². The maximum absolute atomic E-state index is 13.9. The van der Waals surface area contributed by atoms with E-state index < -0.39 is 95.9 Å². The monoisotopic (exact) mass is 788 g/mol. The van der Waals surface area contributed by atoms with Crippen LogP contribution in [0.15, 0.2) is 54.6 Å². The fourth-order valence-corrected chi connectivity index (χ4v) is 6.29. The summed E-state index contributed by atoms with van der Waals surface area (Å²) in [6.45, 7) is 5.88. The highest BCUT2D eigenvalue weighted by Crippen LogP contribution is 2.30. The van der Waals surface area contributed by atoms with Crippen molar-refractivity contribution in [1.29, 1.82) is 0 Å². The van der Waals surface area contributed by atoms with Gasteiger partial charge in [0.05, 0.1) is 18.2 Å². The van der Waals surface area contributed by atoms with Crippen molar-refractivity contribution in [2.45, 2.75) is 115 Å². The van der Waals surface area contributed by atoms with Gasteiger partial charge in [-0.3, -0.25) is 28.8 Å². The third kappa shape index (κ3) is 14.3. The predicted octanol–water partition coefficient (Wildman–Crippen LogP) is 3.52. The number of nitrogens with one attached hydrogen (secondary N) is 5. The van der Waals surface area contributed by atoms with E-state index in [9.17, 15) is 46.7 Å². The van der Waals surface area contributed by atoms with Gasteiger partial charge < -0.3 is 37.1 Å². The summed E-state index contributed by atoms with van der Waals surface area (Å²) >= 11 is 0. The topological polar surface area (TPSA) is 215 Å². The van der Waals surface area contributed by atoms with Crippen molar-refractivity contribution in [3.8, 4) is 0 Å². The molecule has 3 rings (SSSR count). The number of carbonyl (C=O) groups excluding carboxylic acids is 7. The van der Waals surface area contributed by atoms with E-state index in [0.717, 1.165) is 37.5 Å². The summed E-state index contributed by atoms with van der Waals surface area (Å²) in [5, 5.41) is 12.2. The molecule has 14 nitrogen and oxygen atoms in total. The molecular weight excluding hydrogens is 737 g/mol. The van der Waals surface area contributed by atoms with Crippen LogP contribution in [0.25, 0.3) is 0 Å². The highest BCUT2D eigenvalue weighted by molar-refractivity contribution is 6.38. The molecule has 0 saturated heterocycles. The number of rotatable bonds is 17. The molecule has 2 unspecified atom stereocenters. The summed E-state index contributed by atoms with van der Waals surface area (Å²) in [6.07, 6.45) is -2.16. The molecule has 1 aliphatic rings. The SMILES string of the molecule is CCCC(NC(=O)[C@H](Cc1cccc(C(F)(F)F)c1)NC(=O)[C@@H](NC(=O)OC(C)(C)C)C1CCCCC1)C(=O)C(=O)NCC(=O)NC(C(N)=O)c1ccccc1. The minimum absolute atomic E-state index is 0.0292. The van der Waals surface area contributed by atoms with Crippen molar-refractivity contribution in [1.82, 2.24) is 26.6 Å². The van der Waals surface area contributed by atoms with Gasteiger partial charge in [0.15, 0.2) is 0 Å². The lowest BCUT2D eigenvalue weighted by Gasteiger charge is -2.32. The van der Waals surface area contributed by atoms with E-state index in [1.165, 1.54) is 6.07 Å². The van der Waals surface area contributed by atoms with Crippen LogP contribution in [0.5, 0.6) is 0 Å². The Labute approximate surface area is 323 Å². The molecule has 1 saturated carbocycles. The molecule has 1 fully saturated rings. The lowest BCUT2D eigenvalue weighted by molar-refractivity contribution is -0.141. The maximum Gasteiger partial charge on any atom is 0.416 e. The number of Topliss-reactive ketones (excluding diaryl/α,β-unsaturated/α-hetero) is 1. The van der Waals surface area contributed by atoms with Crippen molar-refractivity contribution >= 4 is 41.4 Å². The number of primary amides is 1. The summed E-state index contributed by atoms with van der Waals surface area (Å²) < 4.78 is 46.2. The molecule has 306 valence electrons. The van der Waals surface area contributed by atoms with Gasteiger partial charge in [0, 0.05) is 6.42 Å². The van der Waals surface area contributed by atoms with Crippen molar-refractivity contribution in [3.05, 3.63) is 71.3 Å². The molecule has 4 atom stereocenters. The van der Waals surface area contributed by atoms with Crippen LogP contribution in [0, 0.1) is 5.92 Å². The Bertz CT molecular complexity index is 1710. The average molecular weight is 789 g/mol. The number of halogens is 3. The van der Waals surface area contributed by atoms with Gasteiger partial charge in [0.2, 0.25) is 29.4 Å². The Morgan fingerprint density at radius 3 is 2.05 bits per heavy atom. The molecule has 1 aliphatic carbocycles. The van der Waals surface area contributed by atoms with Gasteiger partial charge in [0.25, 0.3) is 5.91 Å². The number of nitrogens with two attached hydrogens (primary N) is 1. The molecule has 2 aromatic carbocycles. The lowest BCUT2D eigenvalue weighted by atomic mass is 9.83. The zero-order valence-electron chi connectivity index (χ0n) is 31.9. The summed E-state index contributed by atoms with van der Waals surface area (Å²) in [7, 11) is 0. The fourth-order valence-electron chi connectivity index (χ4n) is 6.29. The van der Waals surface area contributed by atoms with Crippen LogP contribution in [0.4, 0.5) is 18.0 Å². The molecule has 0 aliphatic heterocycles. The van der Waals surface area contributed by atoms with Crippen molar-refractivity contribution in [2.24, 2.45) is 11.7 Å². The molecule has 0 bridgehead atoms. The zero-order chi connectivity index (χ0) is 41.6. The number of benzene rings is 2. The van der Waals surface area contributed by atoms with E-state index in [0.29, 0.717) is 18.4 Å². The number of alkyl halides is 3. The number of amides is 6. The van der Waals surface area contributed by atoms with Gasteiger partial charge in [-0.25, -0.2) is 4.79 Å². The van der Waals surface area contributed by atoms with E-state index in [4.69, 9.17) is 10.5 Å². The van der Waals surface area contributed by atoms with E-state index in [2.05, 4.69) is 26.6 Å². The number of alkyl carbamates (subject to hydrolysis) is 1. The predicted molar refractivity (Wildman–Crippen MR) is 198 cm³/mol. The van der Waals surface area contributed by atoms with Crippen LogP contribution in [0.1, 0.15) is 95.4 Å². The molecule has 0 heterocycles. The Morgan fingerprint density at radius 1 is 0.821 bits per heavy atom. The van der Waals surface area contributed by atoms with Crippen LogP contribution in [-0.4, -0.2) is 71.7 Å². The molecule has 6 amide bonds. The Morgan fingerprint density at radius 2 is 1.46 bits per heavy atom. The highest BCUT2D eigenvalue weighted by atomic mass is 19.4. The van der Waals surface area contributed by atoms with Crippen molar-refractivity contribution < 1.29 is 51.5 Å². The van der Waals surface area contributed by atoms with E-state index in [1.807, 2.05) is 0 Å². The first kappa shape index (κ1) is 44.9. The van der Waals surface area contributed by atoms with Crippen LogP contribution in [-0.2, 0) is 46.1 Å². The van der Waals surface area contributed by atoms with Crippen LogP contribution in [0.2, 0.25) is 0 Å². The van der Waals surface area contributed by atoms with Gasteiger partial charge in [-0.15, -0.1) is 0 Å². The quantitative estimate of drug-likeness (QED) is 0.130. The number of hydrogen-bond donors (Lipinski definition) is 6. The first-order chi connectivity index (χ1) is 26.3. The molecule has 0 spiro atoms. The normalized spacial score (nSPS) is 15.6. The second kappa shape index (κ2) is 20.4. The summed E-state index contributed by atoms with van der Waals surface area (Å²) in [5.74, 6) is -6.21. The Kier molecular flexibility index (Phi) is 16.4. The molecule has 56 heavy (non-hydrogen) atoms. The molecular formula is C39H51F3N6O8. The summed E-state index contributed by atoms with van der Waals surface area (Å²) in [4.78, 5) is 91.6. The smallest absolute Gasteiger partial charge is 0.416 e. The zero-order valence-corrected chi connectivity index (χ0v) is 31.9. The largest absolute Gasteiger partial charge is 0.444 e.